The third kappa shape index (κ3) is 6.90. The average Bonchev–Trinajstić information content (AvgIpc) is 3.41. The Morgan fingerprint density at radius 2 is 2.00 bits per heavy atom. The van der Waals surface area contributed by atoms with Gasteiger partial charge < -0.3 is 20.3 Å². The Morgan fingerprint density at radius 3 is 2.65 bits per heavy atom. The molecule has 0 bridgehead atoms. The second-order valence-corrected chi connectivity index (χ2v) is 11.4. The van der Waals surface area contributed by atoms with Crippen LogP contribution < -0.4 is 10.6 Å². The molecule has 3 amide bonds. The molecule has 2 N–H and O–H groups in total. The lowest BCUT2D eigenvalue weighted by molar-refractivity contribution is -0.115. The quantitative estimate of drug-likeness (QED) is 0.608. The van der Waals surface area contributed by atoms with Crippen LogP contribution in [0, 0.1) is 0 Å². The van der Waals surface area contributed by atoms with Crippen LogP contribution in [-0.2, 0) is 19.6 Å². The highest BCUT2D eigenvalue weighted by atomic mass is 32.2. The first-order chi connectivity index (χ1) is 15.8. The molecule has 0 aromatic carbocycles. The van der Waals surface area contributed by atoms with E-state index in [1.807, 2.05) is 26.8 Å². The number of carbonyl (C=O) groups is 3. The van der Waals surface area contributed by atoms with Crippen molar-refractivity contribution in [3.63, 3.8) is 0 Å². The summed E-state index contributed by atoms with van der Waals surface area (Å²) < 4.78 is 29.3. The first kappa shape index (κ1) is 25.4. The Bertz CT molecular complexity index is 1220. The first-order valence-corrected chi connectivity index (χ1v) is 13.1. The molecule has 34 heavy (non-hydrogen) atoms. The van der Waals surface area contributed by atoms with Crippen LogP contribution >= 0.6 is 11.3 Å². The van der Waals surface area contributed by atoms with Gasteiger partial charge >= 0.3 is 6.09 Å². The monoisotopic (exact) mass is 509 g/mol. The summed E-state index contributed by atoms with van der Waals surface area (Å²) in [4.78, 5) is 42.8. The summed E-state index contributed by atoms with van der Waals surface area (Å²) in [6.45, 7) is 6.04. The van der Waals surface area contributed by atoms with Crippen LogP contribution in [0.1, 0.15) is 43.2 Å². The molecule has 1 aliphatic heterocycles. The van der Waals surface area contributed by atoms with Crippen LogP contribution in [0.4, 0.5) is 9.93 Å². The van der Waals surface area contributed by atoms with Crippen molar-refractivity contribution in [1.29, 1.82) is 0 Å². The Labute approximate surface area is 201 Å². The predicted octanol–water partition coefficient (Wildman–Crippen LogP) is 2.14. The molecule has 1 aliphatic rings. The number of amides is 3. The Kier molecular flexibility index (Phi) is 7.46. The van der Waals surface area contributed by atoms with Crippen molar-refractivity contribution < 1.29 is 27.5 Å². The molecular weight excluding hydrogens is 482 g/mol. The van der Waals surface area contributed by atoms with Crippen LogP contribution in [0.2, 0.25) is 0 Å². The van der Waals surface area contributed by atoms with Crippen molar-refractivity contribution in [3.8, 4) is 0 Å². The van der Waals surface area contributed by atoms with Gasteiger partial charge in [-0.25, -0.2) is 18.2 Å². The molecule has 0 unspecified atom stereocenters. The SMILES string of the molecule is CC(C)(C)OC(=O)N1CCC=C(c2csc(NC(=O)CNC(=O)c3ccn(S(C)(=O)=O)c3)n2)C1. The van der Waals surface area contributed by atoms with Crippen molar-refractivity contribution in [2.45, 2.75) is 32.8 Å². The van der Waals surface area contributed by atoms with Crippen LogP contribution in [0.15, 0.2) is 29.9 Å². The molecule has 2 aromatic heterocycles. The lowest BCUT2D eigenvalue weighted by atomic mass is 10.1. The largest absolute Gasteiger partial charge is 0.444 e. The second kappa shape index (κ2) is 9.97. The van der Waals surface area contributed by atoms with Gasteiger partial charge in [0.15, 0.2) is 5.13 Å². The highest BCUT2D eigenvalue weighted by Gasteiger charge is 2.25. The molecule has 2 aromatic rings. The zero-order valence-corrected chi connectivity index (χ0v) is 21.0. The van der Waals surface area contributed by atoms with Crippen molar-refractivity contribution in [2.75, 3.05) is 31.2 Å². The lowest BCUT2D eigenvalue weighted by Crippen LogP contribution is -2.39. The standard InChI is InChI=1S/C21H27N5O6S2/c1-21(2,3)32-20(29)25-8-5-6-14(11-25)16-13-33-19(23-16)24-17(27)10-22-18(28)15-7-9-26(12-15)34(4,30)31/h6-7,9,12-13H,5,8,10-11H2,1-4H3,(H,22,28)(H,23,24,27). The van der Waals surface area contributed by atoms with Gasteiger partial charge in [0.25, 0.3) is 5.91 Å². The van der Waals surface area contributed by atoms with Gasteiger partial charge in [0.05, 0.1) is 30.6 Å². The van der Waals surface area contributed by atoms with E-state index in [4.69, 9.17) is 4.74 Å². The van der Waals surface area contributed by atoms with Crippen molar-refractivity contribution in [3.05, 3.63) is 41.2 Å². The first-order valence-electron chi connectivity index (χ1n) is 10.4. The van der Waals surface area contributed by atoms with Gasteiger partial charge in [0.1, 0.15) is 5.60 Å². The van der Waals surface area contributed by atoms with Gasteiger partial charge in [0.2, 0.25) is 15.9 Å². The van der Waals surface area contributed by atoms with E-state index in [0.717, 1.165) is 15.8 Å². The van der Waals surface area contributed by atoms with Crippen molar-refractivity contribution in [1.82, 2.24) is 19.2 Å². The molecule has 3 heterocycles. The summed E-state index contributed by atoms with van der Waals surface area (Å²) in [5.74, 6) is -1.06. The number of anilines is 1. The second-order valence-electron chi connectivity index (χ2n) is 8.68. The van der Waals surface area contributed by atoms with E-state index in [1.165, 1.54) is 29.8 Å². The summed E-state index contributed by atoms with van der Waals surface area (Å²) in [6.07, 6.45) is 5.73. The summed E-state index contributed by atoms with van der Waals surface area (Å²) in [6, 6.07) is 1.35. The number of hydrogen-bond donors (Lipinski definition) is 2. The van der Waals surface area contributed by atoms with Gasteiger partial charge in [-0.2, -0.15) is 0 Å². The van der Waals surface area contributed by atoms with Crippen molar-refractivity contribution in [2.24, 2.45) is 0 Å². The van der Waals surface area contributed by atoms with Crippen LogP contribution in [-0.4, -0.2) is 71.7 Å². The minimum absolute atomic E-state index is 0.119. The number of nitrogens with zero attached hydrogens (tertiary/aromatic N) is 3. The maximum absolute atomic E-state index is 12.4. The summed E-state index contributed by atoms with van der Waals surface area (Å²) in [7, 11) is -3.49. The van der Waals surface area contributed by atoms with Gasteiger partial charge in [-0.3, -0.25) is 13.6 Å². The summed E-state index contributed by atoms with van der Waals surface area (Å²) in [5, 5.41) is 7.20. The van der Waals surface area contributed by atoms with E-state index in [-0.39, 0.29) is 18.2 Å². The highest BCUT2D eigenvalue weighted by molar-refractivity contribution is 7.89. The number of aromatic nitrogens is 2. The lowest BCUT2D eigenvalue weighted by Gasteiger charge is -2.29. The summed E-state index contributed by atoms with van der Waals surface area (Å²) in [5.41, 5.74) is 1.05. The fraction of sp³-hybridized carbons (Fsp3) is 0.429. The number of ether oxygens (including phenoxy) is 1. The molecule has 0 atom stereocenters. The molecule has 0 fully saturated rings. The minimum Gasteiger partial charge on any atom is -0.444 e. The molecule has 0 radical (unpaired) electrons. The summed E-state index contributed by atoms with van der Waals surface area (Å²) >= 11 is 1.23. The molecule has 11 nitrogen and oxygen atoms in total. The minimum atomic E-state index is -3.49. The van der Waals surface area contributed by atoms with Gasteiger partial charge in [-0.15, -0.1) is 11.3 Å². The predicted molar refractivity (Wildman–Crippen MR) is 128 cm³/mol. The average molecular weight is 510 g/mol. The van der Waals surface area contributed by atoms with E-state index in [0.29, 0.717) is 30.3 Å². The molecule has 184 valence electrons. The third-order valence-corrected chi connectivity index (χ3v) is 6.35. The molecular formula is C21H27N5O6S2. The zero-order chi connectivity index (χ0) is 25.1. The van der Waals surface area contributed by atoms with Crippen LogP contribution in [0.5, 0.6) is 0 Å². The maximum Gasteiger partial charge on any atom is 0.410 e. The molecule has 3 rings (SSSR count). The molecule has 13 heteroatoms. The highest BCUT2D eigenvalue weighted by Crippen LogP contribution is 2.26. The topological polar surface area (TPSA) is 140 Å². The number of hydrogen-bond acceptors (Lipinski definition) is 8. The maximum atomic E-state index is 12.4. The zero-order valence-electron chi connectivity index (χ0n) is 19.3. The number of carbonyl (C=O) groups excluding carboxylic acids is 3. The third-order valence-electron chi connectivity index (χ3n) is 4.60. The number of thiazole rings is 1. The normalized spacial score (nSPS) is 14.4. The molecule has 0 saturated heterocycles. The van der Waals surface area contributed by atoms with Gasteiger partial charge in [0, 0.05) is 24.3 Å². The number of rotatable bonds is 6. The van der Waals surface area contributed by atoms with Crippen LogP contribution in [0.25, 0.3) is 5.57 Å². The van der Waals surface area contributed by atoms with Crippen molar-refractivity contribution >= 4 is 50.0 Å². The van der Waals surface area contributed by atoms with Gasteiger partial charge in [-0.05, 0) is 38.8 Å². The van der Waals surface area contributed by atoms with E-state index in [9.17, 15) is 22.8 Å². The van der Waals surface area contributed by atoms with E-state index >= 15 is 0 Å². The van der Waals surface area contributed by atoms with Gasteiger partial charge in [-0.1, -0.05) is 6.08 Å². The molecule has 0 aliphatic carbocycles. The van der Waals surface area contributed by atoms with E-state index < -0.39 is 27.4 Å². The van der Waals surface area contributed by atoms with E-state index in [2.05, 4.69) is 15.6 Å². The fourth-order valence-corrected chi connectivity index (χ4v) is 4.37. The van der Waals surface area contributed by atoms with Crippen LogP contribution in [0.3, 0.4) is 0 Å². The number of nitrogens with one attached hydrogen (secondary N) is 2. The molecule has 0 saturated carbocycles. The Balaban J connectivity index is 1.53. The smallest absolute Gasteiger partial charge is 0.410 e. The van der Waals surface area contributed by atoms with E-state index in [1.54, 1.807) is 10.3 Å². The Morgan fingerprint density at radius 1 is 1.26 bits per heavy atom. The molecule has 0 spiro atoms. The fourth-order valence-electron chi connectivity index (χ4n) is 3.03. The Hall–Kier alpha value is -3.19.